The minimum absolute atomic E-state index is 0.203. The van der Waals surface area contributed by atoms with Crippen molar-refractivity contribution in [3.05, 3.63) is 59.4 Å². The highest BCUT2D eigenvalue weighted by atomic mass is 19.1. The average Bonchev–Trinajstić information content (AvgIpc) is 3.27. The van der Waals surface area contributed by atoms with Gasteiger partial charge in [0.15, 0.2) is 6.61 Å². The zero-order valence-corrected chi connectivity index (χ0v) is 21.1. The fourth-order valence-electron chi connectivity index (χ4n) is 4.44. The van der Waals surface area contributed by atoms with Crippen molar-refractivity contribution in [2.45, 2.75) is 12.6 Å². The first kappa shape index (κ1) is 26.4. The maximum Gasteiger partial charge on any atom is 0.414 e. The normalized spacial score (nSPS) is 17.8. The molecule has 2 amide bonds. The summed E-state index contributed by atoms with van der Waals surface area (Å²) >= 11 is 0. The number of carbonyl (C=O) groups excluding carboxylic acids is 3. The van der Waals surface area contributed by atoms with Crippen LogP contribution in [0.25, 0.3) is 0 Å². The van der Waals surface area contributed by atoms with Crippen molar-refractivity contribution in [2.24, 2.45) is 5.73 Å². The van der Waals surface area contributed by atoms with E-state index in [4.69, 9.17) is 15.2 Å². The van der Waals surface area contributed by atoms with E-state index in [0.29, 0.717) is 49.7 Å². The van der Waals surface area contributed by atoms with E-state index in [-0.39, 0.29) is 25.6 Å². The quantitative estimate of drug-likeness (QED) is 0.531. The number of anilines is 2. The lowest BCUT2D eigenvalue weighted by Crippen LogP contribution is -2.50. The van der Waals surface area contributed by atoms with Crippen molar-refractivity contribution < 1.29 is 28.2 Å². The molecular weight excluding hydrogens is 481 g/mol. The van der Waals surface area contributed by atoms with Crippen molar-refractivity contribution in [3.63, 3.8) is 0 Å². The lowest BCUT2D eigenvalue weighted by atomic mass is 10.1. The fraction of sp³-hybridized carbons (Fsp3) is 0.423. The number of amides is 2. The highest BCUT2D eigenvalue weighted by molar-refractivity contribution is 5.91. The van der Waals surface area contributed by atoms with E-state index in [1.54, 1.807) is 35.2 Å². The van der Waals surface area contributed by atoms with E-state index in [0.717, 1.165) is 5.56 Å². The summed E-state index contributed by atoms with van der Waals surface area (Å²) in [6.45, 7) is 2.39. The summed E-state index contributed by atoms with van der Waals surface area (Å²) in [6.07, 6.45) is -0.954. The van der Waals surface area contributed by atoms with Crippen LogP contribution in [0.2, 0.25) is 0 Å². The third kappa shape index (κ3) is 6.36. The number of ether oxygens (including phenoxy) is 2. The first-order valence-electron chi connectivity index (χ1n) is 12.2. The van der Waals surface area contributed by atoms with Gasteiger partial charge in [0.2, 0.25) is 0 Å². The molecule has 0 unspecified atom stereocenters. The predicted octanol–water partition coefficient (Wildman–Crippen LogP) is 1.68. The van der Waals surface area contributed by atoms with E-state index in [2.05, 4.69) is 0 Å². The molecule has 0 radical (unpaired) electrons. The number of hydrogen-bond donors (Lipinski definition) is 1. The summed E-state index contributed by atoms with van der Waals surface area (Å²) < 4.78 is 25.3. The Morgan fingerprint density at radius 3 is 2.54 bits per heavy atom. The SMILES string of the molecule is CN(C)Cc1cccc(C(=O)OCC(=O)N2CCN(c3ccc(N4C[C@H](CN)OC4=O)cc3F)CC2)c1. The van der Waals surface area contributed by atoms with Gasteiger partial charge in [0.25, 0.3) is 5.91 Å². The lowest BCUT2D eigenvalue weighted by molar-refractivity contribution is -0.134. The van der Waals surface area contributed by atoms with Gasteiger partial charge in [-0.3, -0.25) is 9.69 Å². The van der Waals surface area contributed by atoms with Gasteiger partial charge in [-0.05, 0) is 50.0 Å². The lowest BCUT2D eigenvalue weighted by Gasteiger charge is -2.36. The Hall–Kier alpha value is -3.70. The fourth-order valence-corrected chi connectivity index (χ4v) is 4.44. The third-order valence-corrected chi connectivity index (χ3v) is 6.34. The molecule has 2 N–H and O–H groups in total. The molecule has 0 spiro atoms. The number of hydrogen-bond acceptors (Lipinski definition) is 8. The molecule has 11 heteroatoms. The molecule has 0 aliphatic carbocycles. The van der Waals surface area contributed by atoms with Crippen LogP contribution in [0, 0.1) is 5.82 Å². The molecule has 4 rings (SSSR count). The Bertz CT molecular complexity index is 1150. The van der Waals surface area contributed by atoms with Crippen LogP contribution < -0.4 is 15.5 Å². The molecule has 10 nitrogen and oxygen atoms in total. The van der Waals surface area contributed by atoms with E-state index < -0.39 is 24.0 Å². The summed E-state index contributed by atoms with van der Waals surface area (Å²) in [5.41, 5.74) is 7.73. The Labute approximate surface area is 215 Å². The summed E-state index contributed by atoms with van der Waals surface area (Å²) in [4.78, 5) is 43.9. The number of nitrogens with zero attached hydrogens (tertiary/aromatic N) is 4. The van der Waals surface area contributed by atoms with Crippen LogP contribution in [0.5, 0.6) is 0 Å². The van der Waals surface area contributed by atoms with Crippen molar-refractivity contribution in [3.8, 4) is 0 Å². The standard InChI is InChI=1S/C26H32FN5O5/c1-29(2)15-18-4-3-5-19(12-18)25(34)36-17-24(33)31-10-8-30(9-11-31)23-7-6-20(13-22(23)27)32-16-21(14-28)37-26(32)35/h3-7,12-13,21H,8-11,14-17,28H2,1-2H3/t21-/m0/s1. The predicted molar refractivity (Wildman–Crippen MR) is 136 cm³/mol. The number of cyclic esters (lactones) is 1. The van der Waals surface area contributed by atoms with Gasteiger partial charge in [0.1, 0.15) is 11.9 Å². The molecule has 2 aromatic carbocycles. The summed E-state index contributed by atoms with van der Waals surface area (Å²) in [5, 5.41) is 0. The molecule has 2 fully saturated rings. The summed E-state index contributed by atoms with van der Waals surface area (Å²) in [7, 11) is 3.88. The number of rotatable bonds is 8. The van der Waals surface area contributed by atoms with E-state index in [9.17, 15) is 18.8 Å². The van der Waals surface area contributed by atoms with E-state index in [1.807, 2.05) is 30.0 Å². The van der Waals surface area contributed by atoms with Gasteiger partial charge in [-0.1, -0.05) is 12.1 Å². The minimum Gasteiger partial charge on any atom is -0.452 e. The first-order chi connectivity index (χ1) is 17.7. The van der Waals surface area contributed by atoms with Gasteiger partial charge in [-0.15, -0.1) is 0 Å². The smallest absolute Gasteiger partial charge is 0.414 e. The van der Waals surface area contributed by atoms with Crippen molar-refractivity contribution >= 4 is 29.3 Å². The maximum absolute atomic E-state index is 14.9. The molecule has 0 bridgehead atoms. The van der Waals surface area contributed by atoms with Crippen molar-refractivity contribution in [1.82, 2.24) is 9.80 Å². The molecule has 198 valence electrons. The number of benzene rings is 2. The molecule has 2 aliphatic rings. The zero-order valence-electron chi connectivity index (χ0n) is 21.1. The Balaban J connectivity index is 1.28. The zero-order chi connectivity index (χ0) is 26.5. The number of halogens is 1. The summed E-state index contributed by atoms with van der Waals surface area (Å²) in [6, 6.07) is 11.7. The second-order valence-corrected chi connectivity index (χ2v) is 9.37. The Morgan fingerprint density at radius 2 is 1.89 bits per heavy atom. The number of nitrogens with two attached hydrogens (primary N) is 1. The molecule has 2 aromatic rings. The molecule has 0 saturated carbocycles. The monoisotopic (exact) mass is 513 g/mol. The second-order valence-electron chi connectivity index (χ2n) is 9.37. The number of piperazine rings is 1. The van der Waals surface area contributed by atoms with Crippen LogP contribution in [0.15, 0.2) is 42.5 Å². The highest BCUT2D eigenvalue weighted by Gasteiger charge is 2.32. The Kier molecular flexibility index (Phi) is 8.24. The van der Waals surface area contributed by atoms with Crippen LogP contribution in [0.4, 0.5) is 20.6 Å². The molecule has 0 aromatic heterocycles. The van der Waals surface area contributed by atoms with E-state index >= 15 is 0 Å². The maximum atomic E-state index is 14.9. The Morgan fingerprint density at radius 1 is 1.14 bits per heavy atom. The molecule has 37 heavy (non-hydrogen) atoms. The largest absolute Gasteiger partial charge is 0.452 e. The van der Waals surface area contributed by atoms with Crippen molar-refractivity contribution in [1.29, 1.82) is 0 Å². The van der Waals surface area contributed by atoms with Crippen LogP contribution in [0.1, 0.15) is 15.9 Å². The third-order valence-electron chi connectivity index (χ3n) is 6.34. The molecule has 1 atom stereocenters. The van der Waals surface area contributed by atoms with Gasteiger partial charge in [-0.25, -0.2) is 14.0 Å². The van der Waals surface area contributed by atoms with Gasteiger partial charge < -0.3 is 29.9 Å². The molecular formula is C26H32FN5O5. The van der Waals surface area contributed by atoms with E-state index in [1.165, 1.54) is 11.0 Å². The molecule has 2 saturated heterocycles. The summed E-state index contributed by atoms with van der Waals surface area (Å²) in [5.74, 6) is -1.31. The van der Waals surface area contributed by atoms with Gasteiger partial charge >= 0.3 is 12.1 Å². The topological polar surface area (TPSA) is 109 Å². The van der Waals surface area contributed by atoms with Crippen LogP contribution in [-0.4, -0.2) is 93.8 Å². The number of esters is 1. The van der Waals surface area contributed by atoms with Crippen LogP contribution >= 0.6 is 0 Å². The molecule has 2 heterocycles. The van der Waals surface area contributed by atoms with Crippen LogP contribution in [0.3, 0.4) is 0 Å². The van der Waals surface area contributed by atoms with Gasteiger partial charge in [0.05, 0.1) is 23.5 Å². The minimum atomic E-state index is -0.547. The molecule has 2 aliphatic heterocycles. The van der Waals surface area contributed by atoms with Gasteiger partial charge in [0, 0.05) is 39.3 Å². The number of carbonyl (C=O) groups is 3. The van der Waals surface area contributed by atoms with Crippen LogP contribution in [-0.2, 0) is 20.8 Å². The van der Waals surface area contributed by atoms with Gasteiger partial charge in [-0.2, -0.15) is 0 Å². The average molecular weight is 514 g/mol. The second kappa shape index (κ2) is 11.6. The first-order valence-corrected chi connectivity index (χ1v) is 12.2. The highest BCUT2D eigenvalue weighted by Crippen LogP contribution is 2.28. The van der Waals surface area contributed by atoms with Crippen molar-refractivity contribution in [2.75, 3.05) is 69.8 Å².